The van der Waals surface area contributed by atoms with Gasteiger partial charge in [-0.1, -0.05) is 0 Å². The standard InChI is InChI=1S/C4H4N2OS.C3H2F2N2/c5-3(7)4-6-1-2-8-4;4-2-1-6-7-3(2)5/h1-2H,(H2,5,7);1H,(H,6,7). The molecule has 0 bridgehead atoms. The van der Waals surface area contributed by atoms with E-state index in [9.17, 15) is 13.6 Å². The van der Waals surface area contributed by atoms with Crippen LogP contribution in [0.15, 0.2) is 17.8 Å². The lowest BCUT2D eigenvalue weighted by molar-refractivity contribution is 0.1000. The third-order valence-electron chi connectivity index (χ3n) is 1.19. The number of thiazole rings is 1. The minimum absolute atomic E-state index is 0.366. The molecule has 5 nitrogen and oxygen atoms in total. The molecule has 0 unspecified atom stereocenters. The Morgan fingerprint density at radius 1 is 1.53 bits per heavy atom. The SMILES string of the molecule is Fc1cn[nH]c1F.NC(=O)c1nccs1. The first kappa shape index (κ1) is 11.2. The average Bonchev–Trinajstić information content (AvgIpc) is 2.80. The fraction of sp³-hybridized carbons (Fsp3) is 0. The zero-order valence-electron chi connectivity index (χ0n) is 7.28. The van der Waals surface area contributed by atoms with Gasteiger partial charge in [0.05, 0.1) is 6.20 Å². The molecule has 0 aliphatic carbocycles. The number of primary amides is 1. The molecule has 2 aromatic rings. The van der Waals surface area contributed by atoms with Gasteiger partial charge in [0.1, 0.15) is 0 Å². The average molecular weight is 232 g/mol. The predicted octanol–water partition coefficient (Wildman–Crippen LogP) is 0.930. The number of amides is 1. The van der Waals surface area contributed by atoms with E-state index in [0.29, 0.717) is 5.01 Å². The normalized spacial score (nSPS) is 9.20. The first-order chi connectivity index (χ1) is 7.11. The maximum Gasteiger partial charge on any atom is 0.277 e. The van der Waals surface area contributed by atoms with Crippen molar-refractivity contribution in [2.45, 2.75) is 0 Å². The van der Waals surface area contributed by atoms with Crippen LogP contribution in [0.1, 0.15) is 9.80 Å². The Hall–Kier alpha value is -1.83. The van der Waals surface area contributed by atoms with E-state index in [1.54, 1.807) is 16.7 Å². The van der Waals surface area contributed by atoms with Gasteiger partial charge < -0.3 is 5.73 Å². The smallest absolute Gasteiger partial charge is 0.277 e. The molecule has 0 saturated carbocycles. The van der Waals surface area contributed by atoms with Gasteiger partial charge in [0.25, 0.3) is 5.91 Å². The van der Waals surface area contributed by atoms with Crippen molar-refractivity contribution in [1.29, 1.82) is 0 Å². The molecule has 1 amide bonds. The summed E-state index contributed by atoms with van der Waals surface area (Å²) in [5, 5.41) is 6.90. The molecule has 0 aliphatic heterocycles. The van der Waals surface area contributed by atoms with Gasteiger partial charge in [-0.05, 0) is 0 Å². The van der Waals surface area contributed by atoms with Crippen LogP contribution in [-0.2, 0) is 0 Å². The summed E-state index contributed by atoms with van der Waals surface area (Å²) in [7, 11) is 0. The van der Waals surface area contributed by atoms with E-state index in [2.05, 4.69) is 10.1 Å². The summed E-state index contributed by atoms with van der Waals surface area (Å²) < 4.78 is 23.2. The van der Waals surface area contributed by atoms with E-state index in [1.165, 1.54) is 11.3 Å². The molecule has 0 spiro atoms. The summed E-state index contributed by atoms with van der Waals surface area (Å²) in [6, 6.07) is 0. The maximum atomic E-state index is 11.6. The van der Waals surface area contributed by atoms with Crippen molar-refractivity contribution in [3.05, 3.63) is 34.5 Å². The Morgan fingerprint density at radius 3 is 2.47 bits per heavy atom. The molecule has 15 heavy (non-hydrogen) atoms. The van der Waals surface area contributed by atoms with E-state index < -0.39 is 17.7 Å². The zero-order valence-corrected chi connectivity index (χ0v) is 8.09. The lowest BCUT2D eigenvalue weighted by Gasteiger charge is -1.78. The highest BCUT2D eigenvalue weighted by atomic mass is 32.1. The first-order valence-corrected chi connectivity index (χ1v) is 4.53. The summed E-state index contributed by atoms with van der Waals surface area (Å²) in [5.41, 5.74) is 4.87. The number of halogens is 2. The first-order valence-electron chi connectivity index (χ1n) is 3.65. The molecule has 0 aromatic carbocycles. The van der Waals surface area contributed by atoms with E-state index in [1.807, 2.05) is 0 Å². The summed E-state index contributed by atoms with van der Waals surface area (Å²) >= 11 is 1.25. The number of aromatic nitrogens is 3. The predicted molar refractivity (Wildman–Crippen MR) is 49.1 cm³/mol. The molecule has 8 heteroatoms. The van der Waals surface area contributed by atoms with Gasteiger partial charge in [-0.15, -0.1) is 11.3 Å². The van der Waals surface area contributed by atoms with Crippen LogP contribution >= 0.6 is 11.3 Å². The molecule has 80 valence electrons. The van der Waals surface area contributed by atoms with Crippen molar-refractivity contribution in [2.24, 2.45) is 5.73 Å². The third-order valence-corrected chi connectivity index (χ3v) is 1.98. The van der Waals surface area contributed by atoms with Crippen LogP contribution in [0.2, 0.25) is 0 Å². The second kappa shape index (κ2) is 5.15. The van der Waals surface area contributed by atoms with Crippen LogP contribution in [0, 0.1) is 11.8 Å². The summed E-state index contributed by atoms with van der Waals surface area (Å²) in [6.07, 6.45) is 2.32. The quantitative estimate of drug-likeness (QED) is 0.767. The topological polar surface area (TPSA) is 84.7 Å². The summed E-state index contributed by atoms with van der Waals surface area (Å²) in [5.74, 6) is -2.42. The molecular formula is C7H6F2N4OS. The number of carbonyl (C=O) groups is 1. The number of H-pyrrole nitrogens is 1. The second-order valence-electron chi connectivity index (χ2n) is 2.23. The largest absolute Gasteiger partial charge is 0.364 e. The van der Waals surface area contributed by atoms with Crippen LogP contribution in [0.4, 0.5) is 8.78 Å². The van der Waals surface area contributed by atoms with Crippen LogP contribution in [-0.4, -0.2) is 21.1 Å². The molecule has 2 rings (SSSR count). The molecule has 0 saturated heterocycles. The Bertz CT molecular complexity index is 411. The molecule has 0 atom stereocenters. The fourth-order valence-electron chi connectivity index (χ4n) is 0.601. The van der Waals surface area contributed by atoms with Gasteiger partial charge in [-0.2, -0.15) is 9.49 Å². The molecule has 0 aliphatic rings. The number of carbonyl (C=O) groups excluding carboxylic acids is 1. The second-order valence-corrected chi connectivity index (χ2v) is 3.13. The van der Waals surface area contributed by atoms with Gasteiger partial charge in [0.2, 0.25) is 5.95 Å². The number of nitrogens with zero attached hydrogens (tertiary/aromatic N) is 2. The van der Waals surface area contributed by atoms with Crippen molar-refractivity contribution >= 4 is 17.2 Å². The van der Waals surface area contributed by atoms with Gasteiger partial charge in [-0.3, -0.25) is 9.89 Å². The number of rotatable bonds is 1. The number of nitrogens with two attached hydrogens (primary N) is 1. The van der Waals surface area contributed by atoms with Crippen molar-refractivity contribution in [2.75, 3.05) is 0 Å². The number of hydrogen-bond acceptors (Lipinski definition) is 4. The molecule has 2 aromatic heterocycles. The maximum absolute atomic E-state index is 11.6. The summed E-state index contributed by atoms with van der Waals surface area (Å²) in [4.78, 5) is 13.9. The van der Waals surface area contributed by atoms with Crippen molar-refractivity contribution in [3.63, 3.8) is 0 Å². The van der Waals surface area contributed by atoms with Gasteiger partial charge in [0, 0.05) is 11.6 Å². The lowest BCUT2D eigenvalue weighted by Crippen LogP contribution is -2.09. The molecule has 2 heterocycles. The van der Waals surface area contributed by atoms with Gasteiger partial charge >= 0.3 is 0 Å². The zero-order chi connectivity index (χ0) is 11.3. The summed E-state index contributed by atoms with van der Waals surface area (Å²) in [6.45, 7) is 0. The molecule has 0 fully saturated rings. The van der Waals surface area contributed by atoms with Crippen LogP contribution in [0.3, 0.4) is 0 Å². The van der Waals surface area contributed by atoms with Crippen molar-refractivity contribution in [3.8, 4) is 0 Å². The van der Waals surface area contributed by atoms with E-state index in [-0.39, 0.29) is 0 Å². The molecule has 3 N–H and O–H groups in total. The Morgan fingerprint density at radius 2 is 2.27 bits per heavy atom. The molecule has 0 radical (unpaired) electrons. The highest BCUT2D eigenvalue weighted by Gasteiger charge is 1.99. The minimum Gasteiger partial charge on any atom is -0.364 e. The molecular weight excluding hydrogens is 226 g/mol. The Labute approximate surface area is 86.9 Å². The minimum atomic E-state index is -1.01. The lowest BCUT2D eigenvalue weighted by atomic mass is 10.7. The van der Waals surface area contributed by atoms with Gasteiger partial charge in [-0.25, -0.2) is 9.37 Å². The number of aromatic amines is 1. The Balaban J connectivity index is 0.000000151. The highest BCUT2D eigenvalue weighted by molar-refractivity contribution is 7.11. The van der Waals surface area contributed by atoms with E-state index in [0.717, 1.165) is 6.20 Å². The van der Waals surface area contributed by atoms with Crippen LogP contribution in [0.25, 0.3) is 0 Å². The van der Waals surface area contributed by atoms with Crippen molar-refractivity contribution in [1.82, 2.24) is 15.2 Å². The Kier molecular flexibility index (Phi) is 3.86. The van der Waals surface area contributed by atoms with E-state index in [4.69, 9.17) is 5.73 Å². The number of nitrogens with one attached hydrogen (secondary N) is 1. The third kappa shape index (κ3) is 3.43. The highest BCUT2D eigenvalue weighted by Crippen LogP contribution is 2.00. The monoisotopic (exact) mass is 232 g/mol. The van der Waals surface area contributed by atoms with Crippen LogP contribution in [0.5, 0.6) is 0 Å². The number of hydrogen-bond donors (Lipinski definition) is 2. The van der Waals surface area contributed by atoms with Gasteiger partial charge in [0.15, 0.2) is 10.8 Å². The fourth-order valence-corrected chi connectivity index (χ4v) is 1.09. The van der Waals surface area contributed by atoms with Crippen molar-refractivity contribution < 1.29 is 13.6 Å². The van der Waals surface area contributed by atoms with Crippen LogP contribution < -0.4 is 5.73 Å². The van der Waals surface area contributed by atoms with E-state index >= 15 is 0 Å².